The Balaban J connectivity index is 1.44. The molecule has 0 bridgehead atoms. The topological polar surface area (TPSA) is 76.3 Å². The van der Waals surface area contributed by atoms with Crippen LogP contribution in [0.5, 0.6) is 0 Å². The first kappa shape index (κ1) is 16.8. The number of aromatic nitrogens is 5. The zero-order valence-electron chi connectivity index (χ0n) is 15.6. The number of nitrogens with zero attached hydrogens (tertiary/aromatic N) is 6. The highest BCUT2D eigenvalue weighted by molar-refractivity contribution is 5.97. The molecule has 0 spiro atoms. The van der Waals surface area contributed by atoms with Gasteiger partial charge in [0, 0.05) is 41.8 Å². The second-order valence-corrected chi connectivity index (χ2v) is 7.30. The summed E-state index contributed by atoms with van der Waals surface area (Å²) in [6.45, 7) is 3.39. The fourth-order valence-electron chi connectivity index (χ4n) is 4.03. The van der Waals surface area contributed by atoms with Crippen molar-refractivity contribution in [2.75, 3.05) is 13.1 Å². The lowest BCUT2D eigenvalue weighted by Gasteiger charge is -2.33. The van der Waals surface area contributed by atoms with Crippen LogP contribution < -0.4 is 0 Å². The molecule has 0 saturated carbocycles. The van der Waals surface area contributed by atoms with E-state index in [4.69, 9.17) is 0 Å². The summed E-state index contributed by atoms with van der Waals surface area (Å²) in [4.78, 5) is 28.1. The van der Waals surface area contributed by atoms with E-state index < -0.39 is 0 Å². The number of aryl methyl sites for hydroxylation is 1. The minimum atomic E-state index is 0.0536. The molecule has 4 heterocycles. The van der Waals surface area contributed by atoms with E-state index >= 15 is 0 Å². The molecule has 1 saturated heterocycles. The SMILES string of the molecule is Cc1cc(C2CCCN(C(=O)c3ccc4cccnc4c3)C2)n2ncnc2n1. The summed E-state index contributed by atoms with van der Waals surface area (Å²) in [5.41, 5.74) is 3.51. The van der Waals surface area contributed by atoms with E-state index in [1.54, 1.807) is 10.7 Å². The van der Waals surface area contributed by atoms with Gasteiger partial charge in [-0.15, -0.1) is 0 Å². The molecule has 7 heteroatoms. The van der Waals surface area contributed by atoms with E-state index in [1.165, 1.54) is 6.33 Å². The maximum Gasteiger partial charge on any atom is 0.253 e. The number of likely N-dealkylation sites (tertiary alicyclic amines) is 1. The summed E-state index contributed by atoms with van der Waals surface area (Å²) in [7, 11) is 0. The van der Waals surface area contributed by atoms with Crippen molar-refractivity contribution in [3.05, 3.63) is 65.9 Å². The summed E-state index contributed by atoms with van der Waals surface area (Å²) in [6.07, 6.45) is 5.25. The normalized spacial score (nSPS) is 17.3. The molecule has 0 aliphatic carbocycles. The lowest BCUT2D eigenvalue weighted by molar-refractivity contribution is 0.0705. The van der Waals surface area contributed by atoms with Crippen molar-refractivity contribution in [2.24, 2.45) is 0 Å². The molecule has 0 radical (unpaired) electrons. The number of pyridine rings is 1. The van der Waals surface area contributed by atoms with Crippen LogP contribution in [0.4, 0.5) is 0 Å². The van der Waals surface area contributed by atoms with Crippen LogP contribution in [0, 0.1) is 6.92 Å². The number of carbonyl (C=O) groups is 1. The van der Waals surface area contributed by atoms with Gasteiger partial charge in [0.2, 0.25) is 0 Å². The summed E-state index contributed by atoms with van der Waals surface area (Å²) in [5.74, 6) is 0.874. The van der Waals surface area contributed by atoms with Gasteiger partial charge in [-0.3, -0.25) is 9.78 Å². The molecule has 0 N–H and O–H groups in total. The van der Waals surface area contributed by atoms with Crippen molar-refractivity contribution in [1.29, 1.82) is 0 Å². The van der Waals surface area contributed by atoms with Crippen LogP contribution in [0.25, 0.3) is 16.7 Å². The molecule has 3 aromatic heterocycles. The number of hydrogen-bond donors (Lipinski definition) is 0. The van der Waals surface area contributed by atoms with E-state index in [9.17, 15) is 4.79 Å². The number of amides is 1. The van der Waals surface area contributed by atoms with Crippen LogP contribution in [0.2, 0.25) is 0 Å². The van der Waals surface area contributed by atoms with E-state index in [0.29, 0.717) is 17.9 Å². The van der Waals surface area contributed by atoms with Crippen molar-refractivity contribution < 1.29 is 4.79 Å². The summed E-state index contributed by atoms with van der Waals surface area (Å²) in [5, 5.41) is 5.37. The third-order valence-corrected chi connectivity index (χ3v) is 5.39. The number of piperidine rings is 1. The average molecular weight is 372 g/mol. The van der Waals surface area contributed by atoms with Crippen molar-refractivity contribution >= 4 is 22.6 Å². The van der Waals surface area contributed by atoms with E-state index in [-0.39, 0.29) is 11.8 Å². The molecule has 1 aliphatic heterocycles. The molecule has 1 atom stereocenters. The number of fused-ring (bicyclic) bond motifs is 2. The minimum Gasteiger partial charge on any atom is -0.338 e. The van der Waals surface area contributed by atoms with Crippen LogP contribution in [0.3, 0.4) is 0 Å². The van der Waals surface area contributed by atoms with Gasteiger partial charge in [0.25, 0.3) is 11.7 Å². The molecule has 28 heavy (non-hydrogen) atoms. The van der Waals surface area contributed by atoms with Crippen molar-refractivity contribution in [3.8, 4) is 0 Å². The fourth-order valence-corrected chi connectivity index (χ4v) is 4.03. The van der Waals surface area contributed by atoms with E-state index in [2.05, 4.69) is 26.1 Å². The molecule has 4 aromatic rings. The lowest BCUT2D eigenvalue weighted by atomic mass is 9.93. The van der Waals surface area contributed by atoms with Gasteiger partial charge >= 0.3 is 0 Å². The van der Waals surface area contributed by atoms with Gasteiger partial charge < -0.3 is 4.90 Å². The second kappa shape index (κ2) is 6.67. The number of rotatable bonds is 2. The maximum atomic E-state index is 13.2. The van der Waals surface area contributed by atoms with Crippen LogP contribution in [-0.4, -0.2) is 48.5 Å². The van der Waals surface area contributed by atoms with Gasteiger partial charge in [-0.1, -0.05) is 12.1 Å². The standard InChI is InChI=1S/C21H20N6O/c1-14-10-19(27-21(25-14)23-13-24-27)17-5-3-9-26(12-17)20(28)16-7-6-15-4-2-8-22-18(15)11-16/h2,4,6-8,10-11,13,17H,3,5,9,12H2,1H3. The van der Waals surface area contributed by atoms with Gasteiger partial charge in [0.15, 0.2) is 0 Å². The Labute approximate surface area is 162 Å². The van der Waals surface area contributed by atoms with Crippen LogP contribution in [-0.2, 0) is 0 Å². The van der Waals surface area contributed by atoms with Crippen molar-refractivity contribution in [2.45, 2.75) is 25.7 Å². The predicted octanol–water partition coefficient (Wildman–Crippen LogP) is 3.00. The Hall–Kier alpha value is -3.35. The number of carbonyl (C=O) groups excluding carboxylic acids is 1. The van der Waals surface area contributed by atoms with E-state index in [0.717, 1.165) is 41.7 Å². The van der Waals surface area contributed by atoms with Gasteiger partial charge in [-0.2, -0.15) is 10.1 Å². The third-order valence-electron chi connectivity index (χ3n) is 5.39. The first-order chi connectivity index (χ1) is 13.7. The van der Waals surface area contributed by atoms with Gasteiger partial charge in [-0.25, -0.2) is 9.50 Å². The zero-order chi connectivity index (χ0) is 19.1. The Morgan fingerprint density at radius 2 is 2.11 bits per heavy atom. The summed E-state index contributed by atoms with van der Waals surface area (Å²) < 4.78 is 1.80. The van der Waals surface area contributed by atoms with Crippen LogP contribution >= 0.6 is 0 Å². The third kappa shape index (κ3) is 2.89. The molecular formula is C21H20N6O. The monoisotopic (exact) mass is 372 g/mol. The summed E-state index contributed by atoms with van der Waals surface area (Å²) in [6, 6.07) is 11.7. The Bertz CT molecular complexity index is 1180. The zero-order valence-corrected chi connectivity index (χ0v) is 15.6. The first-order valence-electron chi connectivity index (χ1n) is 9.50. The molecule has 7 nitrogen and oxygen atoms in total. The lowest BCUT2D eigenvalue weighted by Crippen LogP contribution is -2.39. The van der Waals surface area contributed by atoms with Crippen molar-refractivity contribution in [3.63, 3.8) is 0 Å². The highest BCUT2D eigenvalue weighted by Crippen LogP contribution is 2.28. The van der Waals surface area contributed by atoms with Crippen LogP contribution in [0.15, 0.2) is 48.9 Å². The molecule has 1 fully saturated rings. The average Bonchev–Trinajstić information content (AvgIpc) is 3.20. The van der Waals surface area contributed by atoms with E-state index in [1.807, 2.05) is 42.2 Å². The summed E-state index contributed by atoms with van der Waals surface area (Å²) >= 11 is 0. The number of hydrogen-bond acceptors (Lipinski definition) is 5. The second-order valence-electron chi connectivity index (χ2n) is 7.30. The van der Waals surface area contributed by atoms with Crippen LogP contribution in [0.1, 0.15) is 40.5 Å². The highest BCUT2D eigenvalue weighted by Gasteiger charge is 2.27. The largest absolute Gasteiger partial charge is 0.338 e. The first-order valence-corrected chi connectivity index (χ1v) is 9.50. The quantitative estimate of drug-likeness (QED) is 0.541. The van der Waals surface area contributed by atoms with Gasteiger partial charge in [0.1, 0.15) is 6.33 Å². The van der Waals surface area contributed by atoms with Gasteiger partial charge in [-0.05, 0) is 44.0 Å². The highest BCUT2D eigenvalue weighted by atomic mass is 16.2. The fraction of sp³-hybridized carbons (Fsp3) is 0.286. The number of benzene rings is 1. The van der Waals surface area contributed by atoms with Crippen molar-refractivity contribution in [1.82, 2.24) is 29.5 Å². The van der Waals surface area contributed by atoms with Gasteiger partial charge in [0.05, 0.1) is 11.2 Å². The maximum absolute atomic E-state index is 13.2. The predicted molar refractivity (Wildman–Crippen MR) is 105 cm³/mol. The molecule has 1 aliphatic rings. The molecule has 1 aromatic carbocycles. The molecule has 1 amide bonds. The smallest absolute Gasteiger partial charge is 0.253 e. The Kier molecular flexibility index (Phi) is 4.00. The molecule has 140 valence electrons. The Morgan fingerprint density at radius 1 is 1.18 bits per heavy atom. The molecule has 1 unspecified atom stereocenters. The molecule has 5 rings (SSSR count). The minimum absolute atomic E-state index is 0.0536. The molecular weight excluding hydrogens is 352 g/mol. The Morgan fingerprint density at radius 3 is 3.04 bits per heavy atom.